The summed E-state index contributed by atoms with van der Waals surface area (Å²) in [5, 5.41) is 0.341. The van der Waals surface area contributed by atoms with E-state index in [9.17, 15) is 8.42 Å². The number of halogens is 1. The van der Waals surface area contributed by atoms with Crippen molar-refractivity contribution in [3.8, 4) is 0 Å². The van der Waals surface area contributed by atoms with Crippen molar-refractivity contribution in [2.24, 2.45) is 5.92 Å². The Morgan fingerprint density at radius 3 is 2.76 bits per heavy atom. The van der Waals surface area contributed by atoms with Crippen LogP contribution < -0.4 is 10.5 Å². The second kappa shape index (κ2) is 6.55. The number of hydrogen-bond donors (Lipinski definition) is 2. The van der Waals surface area contributed by atoms with Gasteiger partial charge in [-0.05, 0) is 43.4 Å². The van der Waals surface area contributed by atoms with Gasteiger partial charge in [-0.15, -0.1) is 0 Å². The van der Waals surface area contributed by atoms with Crippen molar-refractivity contribution in [2.45, 2.75) is 56.9 Å². The van der Waals surface area contributed by atoms with Crippen LogP contribution in [0.25, 0.3) is 0 Å². The van der Waals surface area contributed by atoms with Gasteiger partial charge in [-0.25, -0.2) is 13.1 Å². The lowest BCUT2D eigenvalue weighted by Crippen LogP contribution is -2.38. The summed E-state index contributed by atoms with van der Waals surface area (Å²) in [5.41, 5.74) is 6.77. The van der Waals surface area contributed by atoms with E-state index in [-0.39, 0.29) is 10.9 Å². The minimum atomic E-state index is -3.58. The zero-order chi connectivity index (χ0) is 15.6. The van der Waals surface area contributed by atoms with Crippen LogP contribution >= 0.6 is 11.6 Å². The van der Waals surface area contributed by atoms with Gasteiger partial charge in [-0.3, -0.25) is 0 Å². The molecule has 118 valence electrons. The molecule has 0 radical (unpaired) electrons. The second-order valence-electron chi connectivity index (χ2n) is 5.88. The highest BCUT2D eigenvalue weighted by molar-refractivity contribution is 7.89. The normalized spacial score (nSPS) is 23.2. The average molecular weight is 331 g/mol. The summed E-state index contributed by atoms with van der Waals surface area (Å²) in [4.78, 5) is 0.186. The fourth-order valence-electron chi connectivity index (χ4n) is 3.01. The minimum Gasteiger partial charge on any atom is -0.398 e. The maximum absolute atomic E-state index is 12.6. The first kappa shape index (κ1) is 16.6. The number of nitrogens with one attached hydrogen (secondary N) is 1. The van der Waals surface area contributed by atoms with Crippen molar-refractivity contribution >= 4 is 27.3 Å². The van der Waals surface area contributed by atoms with Gasteiger partial charge in [0.15, 0.2) is 0 Å². The summed E-state index contributed by atoms with van der Waals surface area (Å²) in [7, 11) is -3.58. The van der Waals surface area contributed by atoms with Gasteiger partial charge >= 0.3 is 0 Å². The standard InChI is InChI=1S/C15H23ClN2O2S/c1-3-11-5-4-6-13(7-11)18-21(19,20)15-9-12(16)8-14(17)10(15)2/h8-9,11,13,18H,3-7,17H2,1-2H3. The summed E-state index contributed by atoms with van der Waals surface area (Å²) in [6, 6.07) is 3.05. The van der Waals surface area contributed by atoms with Gasteiger partial charge in [0.25, 0.3) is 0 Å². The molecule has 2 atom stereocenters. The predicted molar refractivity (Wildman–Crippen MR) is 87.0 cm³/mol. The highest BCUT2D eigenvalue weighted by Crippen LogP contribution is 2.30. The topological polar surface area (TPSA) is 72.2 Å². The van der Waals surface area contributed by atoms with E-state index in [4.69, 9.17) is 17.3 Å². The van der Waals surface area contributed by atoms with E-state index in [2.05, 4.69) is 11.6 Å². The van der Waals surface area contributed by atoms with Crippen LogP contribution in [0.4, 0.5) is 5.69 Å². The molecule has 21 heavy (non-hydrogen) atoms. The number of rotatable bonds is 4. The molecule has 0 saturated heterocycles. The first-order valence-electron chi connectivity index (χ1n) is 7.41. The average Bonchev–Trinajstić information content (AvgIpc) is 2.42. The maximum Gasteiger partial charge on any atom is 0.241 e. The molecule has 3 N–H and O–H groups in total. The van der Waals surface area contributed by atoms with Gasteiger partial charge in [0, 0.05) is 16.8 Å². The summed E-state index contributed by atoms with van der Waals surface area (Å²) in [6.07, 6.45) is 5.16. The van der Waals surface area contributed by atoms with Gasteiger partial charge in [0.1, 0.15) is 0 Å². The lowest BCUT2D eigenvalue weighted by molar-refractivity contribution is 0.301. The monoisotopic (exact) mass is 330 g/mol. The smallest absolute Gasteiger partial charge is 0.241 e. The molecule has 4 nitrogen and oxygen atoms in total. The molecule has 0 spiro atoms. The van der Waals surface area contributed by atoms with Crippen molar-refractivity contribution < 1.29 is 8.42 Å². The van der Waals surface area contributed by atoms with Crippen LogP contribution in [0.3, 0.4) is 0 Å². The third-order valence-electron chi connectivity index (χ3n) is 4.34. The van der Waals surface area contributed by atoms with E-state index in [0.717, 1.165) is 25.7 Å². The van der Waals surface area contributed by atoms with Crippen LogP contribution in [-0.4, -0.2) is 14.5 Å². The minimum absolute atomic E-state index is 0.00769. The third kappa shape index (κ3) is 3.90. The molecule has 1 aromatic carbocycles. The van der Waals surface area contributed by atoms with Gasteiger partial charge in [-0.1, -0.05) is 37.8 Å². The van der Waals surface area contributed by atoms with Gasteiger partial charge in [0.05, 0.1) is 4.90 Å². The van der Waals surface area contributed by atoms with E-state index in [1.807, 2.05) is 0 Å². The fraction of sp³-hybridized carbons (Fsp3) is 0.600. The summed E-state index contributed by atoms with van der Waals surface area (Å²) < 4.78 is 28.0. The molecule has 0 aromatic heterocycles. The maximum atomic E-state index is 12.6. The third-order valence-corrected chi connectivity index (χ3v) is 6.20. The molecule has 1 fully saturated rings. The molecule has 1 aliphatic rings. The van der Waals surface area contributed by atoms with Crippen molar-refractivity contribution in [1.82, 2.24) is 4.72 Å². The van der Waals surface area contributed by atoms with E-state index in [0.29, 0.717) is 22.2 Å². The van der Waals surface area contributed by atoms with Crippen LogP contribution in [-0.2, 0) is 10.0 Å². The summed E-state index contributed by atoms with van der Waals surface area (Å²) >= 11 is 5.94. The second-order valence-corrected chi connectivity index (χ2v) is 8.00. The molecule has 2 rings (SSSR count). The molecule has 1 saturated carbocycles. The highest BCUT2D eigenvalue weighted by atomic mass is 35.5. The molecular formula is C15H23ClN2O2S. The Morgan fingerprint density at radius 2 is 2.10 bits per heavy atom. The quantitative estimate of drug-likeness (QED) is 0.830. The van der Waals surface area contributed by atoms with Crippen LogP contribution in [0.1, 0.15) is 44.6 Å². The molecule has 0 heterocycles. The van der Waals surface area contributed by atoms with Crippen LogP contribution in [0.5, 0.6) is 0 Å². The fourth-order valence-corrected chi connectivity index (χ4v) is 4.88. The first-order chi connectivity index (χ1) is 9.83. The Balaban J connectivity index is 2.23. The van der Waals surface area contributed by atoms with E-state index in [1.54, 1.807) is 13.0 Å². The SMILES string of the molecule is CCC1CCCC(NS(=O)(=O)c2cc(Cl)cc(N)c2C)C1. The van der Waals surface area contributed by atoms with Crippen LogP contribution in [0.2, 0.25) is 5.02 Å². The Hall–Kier alpha value is -0.780. The predicted octanol–water partition coefficient (Wildman–Crippen LogP) is 3.48. The van der Waals surface area contributed by atoms with Crippen molar-refractivity contribution in [2.75, 3.05) is 5.73 Å². The number of benzene rings is 1. The molecule has 2 unspecified atom stereocenters. The Bertz CT molecular complexity index is 616. The molecule has 6 heteroatoms. The van der Waals surface area contributed by atoms with Crippen molar-refractivity contribution in [1.29, 1.82) is 0 Å². The lowest BCUT2D eigenvalue weighted by atomic mass is 9.85. The summed E-state index contributed by atoms with van der Waals surface area (Å²) in [5.74, 6) is 0.608. The molecule has 1 aromatic rings. The number of nitrogen functional groups attached to an aromatic ring is 1. The van der Waals surface area contributed by atoms with Crippen molar-refractivity contribution in [3.05, 3.63) is 22.7 Å². The number of nitrogens with two attached hydrogens (primary N) is 1. The van der Waals surface area contributed by atoms with Crippen molar-refractivity contribution in [3.63, 3.8) is 0 Å². The van der Waals surface area contributed by atoms with Crippen LogP contribution in [0.15, 0.2) is 17.0 Å². The zero-order valence-corrected chi connectivity index (χ0v) is 14.1. The lowest BCUT2D eigenvalue weighted by Gasteiger charge is -2.29. The molecule has 0 amide bonds. The molecular weight excluding hydrogens is 308 g/mol. The van der Waals surface area contributed by atoms with Gasteiger partial charge in [-0.2, -0.15) is 0 Å². The van der Waals surface area contributed by atoms with E-state index in [1.165, 1.54) is 12.5 Å². The van der Waals surface area contributed by atoms with Crippen LogP contribution in [0, 0.1) is 12.8 Å². The molecule has 0 aliphatic heterocycles. The largest absolute Gasteiger partial charge is 0.398 e. The van der Waals surface area contributed by atoms with Gasteiger partial charge < -0.3 is 5.73 Å². The van der Waals surface area contributed by atoms with E-state index >= 15 is 0 Å². The Labute approximate surface area is 132 Å². The number of anilines is 1. The highest BCUT2D eigenvalue weighted by Gasteiger charge is 2.27. The number of hydrogen-bond acceptors (Lipinski definition) is 3. The first-order valence-corrected chi connectivity index (χ1v) is 9.27. The Kier molecular flexibility index (Phi) is 5.17. The van der Waals surface area contributed by atoms with Gasteiger partial charge in [0.2, 0.25) is 10.0 Å². The molecule has 0 bridgehead atoms. The number of sulfonamides is 1. The molecule has 1 aliphatic carbocycles. The summed E-state index contributed by atoms with van der Waals surface area (Å²) in [6.45, 7) is 3.86. The Morgan fingerprint density at radius 1 is 1.38 bits per heavy atom. The van der Waals surface area contributed by atoms with E-state index < -0.39 is 10.0 Å². The zero-order valence-electron chi connectivity index (χ0n) is 12.5.